The van der Waals surface area contributed by atoms with Gasteiger partial charge in [-0.3, -0.25) is 0 Å². The summed E-state index contributed by atoms with van der Waals surface area (Å²) in [5.41, 5.74) is 0.984. The third-order valence-electron chi connectivity index (χ3n) is 3.42. The highest BCUT2D eigenvalue weighted by Crippen LogP contribution is 2.27. The Labute approximate surface area is 100 Å². The van der Waals surface area contributed by atoms with Crippen molar-refractivity contribution < 1.29 is 4.39 Å². The molecule has 1 aromatic carbocycles. The second-order valence-corrected chi connectivity index (χ2v) is 4.83. The lowest BCUT2D eigenvalue weighted by atomic mass is 10.2. The highest BCUT2D eigenvalue weighted by atomic mass is 19.1. The zero-order valence-corrected chi connectivity index (χ0v) is 9.82. The van der Waals surface area contributed by atoms with Crippen molar-refractivity contribution in [2.24, 2.45) is 5.92 Å². The van der Waals surface area contributed by atoms with Crippen molar-refractivity contribution in [2.75, 3.05) is 13.1 Å². The largest absolute Gasteiger partial charge is 0.346 e. The summed E-state index contributed by atoms with van der Waals surface area (Å²) in [6.45, 7) is 2.99. The van der Waals surface area contributed by atoms with Crippen molar-refractivity contribution in [1.82, 2.24) is 9.88 Å². The molecule has 17 heavy (non-hydrogen) atoms. The minimum atomic E-state index is -0.132. The van der Waals surface area contributed by atoms with Crippen LogP contribution in [0.5, 0.6) is 0 Å². The van der Waals surface area contributed by atoms with Gasteiger partial charge in [0.2, 0.25) is 0 Å². The van der Waals surface area contributed by atoms with Crippen LogP contribution in [0.4, 0.5) is 4.39 Å². The molecule has 1 aliphatic carbocycles. The van der Waals surface area contributed by atoms with Gasteiger partial charge in [-0.25, -0.2) is 4.39 Å². The molecule has 0 aliphatic heterocycles. The molecule has 1 saturated carbocycles. The molecule has 1 aliphatic rings. The van der Waals surface area contributed by atoms with Gasteiger partial charge in [-0.05, 0) is 43.5 Å². The predicted octanol–water partition coefficient (Wildman–Crippen LogP) is 2.78. The van der Waals surface area contributed by atoms with Gasteiger partial charge in [0.05, 0.1) is 5.52 Å². The van der Waals surface area contributed by atoms with Crippen LogP contribution in [0.2, 0.25) is 0 Å². The Bertz CT molecular complexity index is 514. The molecule has 0 radical (unpaired) electrons. The minimum absolute atomic E-state index is 0.132. The lowest BCUT2D eigenvalue weighted by Crippen LogP contribution is -2.21. The number of halogens is 1. The molecule has 0 atom stereocenters. The third-order valence-corrected chi connectivity index (χ3v) is 3.42. The lowest BCUT2D eigenvalue weighted by molar-refractivity contribution is 0.584. The number of nitrogens with zero attached hydrogens (tertiary/aromatic N) is 1. The van der Waals surface area contributed by atoms with Gasteiger partial charge in [0.15, 0.2) is 0 Å². The fourth-order valence-corrected chi connectivity index (χ4v) is 2.21. The highest BCUT2D eigenvalue weighted by molar-refractivity contribution is 5.80. The van der Waals surface area contributed by atoms with E-state index in [0.717, 1.165) is 36.5 Å². The summed E-state index contributed by atoms with van der Waals surface area (Å²) < 4.78 is 15.6. The van der Waals surface area contributed by atoms with E-state index >= 15 is 0 Å². The van der Waals surface area contributed by atoms with Crippen LogP contribution >= 0.6 is 0 Å². The second kappa shape index (κ2) is 4.49. The molecule has 1 fully saturated rings. The van der Waals surface area contributed by atoms with Gasteiger partial charge in [-0.2, -0.15) is 0 Å². The van der Waals surface area contributed by atoms with Gasteiger partial charge < -0.3 is 9.88 Å². The fraction of sp³-hybridized carbons (Fsp3) is 0.429. The first-order valence-corrected chi connectivity index (χ1v) is 6.28. The smallest absolute Gasteiger partial charge is 0.132 e. The Morgan fingerprint density at radius 2 is 2.18 bits per heavy atom. The minimum Gasteiger partial charge on any atom is -0.346 e. The van der Waals surface area contributed by atoms with E-state index in [1.807, 2.05) is 18.3 Å². The van der Waals surface area contributed by atoms with E-state index in [1.54, 1.807) is 6.07 Å². The van der Waals surface area contributed by atoms with Crippen molar-refractivity contribution in [3.05, 3.63) is 36.3 Å². The number of nitrogens with one attached hydrogen (secondary N) is 1. The predicted molar refractivity (Wildman–Crippen MR) is 67.5 cm³/mol. The van der Waals surface area contributed by atoms with Crippen LogP contribution in [0.15, 0.2) is 30.5 Å². The van der Waals surface area contributed by atoms with Gasteiger partial charge in [0.1, 0.15) is 5.82 Å². The number of fused-ring (bicyclic) bond motifs is 1. The molecule has 3 rings (SSSR count). The van der Waals surface area contributed by atoms with Gasteiger partial charge in [0.25, 0.3) is 0 Å². The molecule has 3 heteroatoms. The lowest BCUT2D eigenvalue weighted by Gasteiger charge is -2.06. The van der Waals surface area contributed by atoms with Crippen LogP contribution in [-0.4, -0.2) is 17.7 Å². The van der Waals surface area contributed by atoms with Crippen LogP contribution in [0, 0.1) is 11.7 Å². The van der Waals surface area contributed by atoms with E-state index in [0.29, 0.717) is 0 Å². The first-order chi connectivity index (χ1) is 8.34. The maximum atomic E-state index is 13.5. The summed E-state index contributed by atoms with van der Waals surface area (Å²) >= 11 is 0. The Hall–Kier alpha value is -1.35. The second-order valence-electron chi connectivity index (χ2n) is 4.83. The van der Waals surface area contributed by atoms with Crippen LogP contribution in [-0.2, 0) is 6.54 Å². The van der Waals surface area contributed by atoms with E-state index in [4.69, 9.17) is 0 Å². The molecule has 90 valence electrons. The molecule has 1 aromatic heterocycles. The van der Waals surface area contributed by atoms with Gasteiger partial charge in [0, 0.05) is 24.7 Å². The maximum Gasteiger partial charge on any atom is 0.132 e. The number of hydrogen-bond acceptors (Lipinski definition) is 1. The van der Waals surface area contributed by atoms with Crippen LogP contribution < -0.4 is 5.32 Å². The van der Waals surface area contributed by atoms with Crippen LogP contribution in [0.1, 0.15) is 12.8 Å². The van der Waals surface area contributed by atoms with Crippen molar-refractivity contribution >= 4 is 10.9 Å². The van der Waals surface area contributed by atoms with E-state index in [9.17, 15) is 4.39 Å². The topological polar surface area (TPSA) is 17.0 Å². The molecule has 0 bridgehead atoms. The van der Waals surface area contributed by atoms with E-state index in [2.05, 4.69) is 9.88 Å². The molecule has 2 aromatic rings. The standard InChI is InChI=1S/C14H17FN2/c15-13-2-1-3-14-12(13)6-8-17(14)9-7-16-10-11-4-5-11/h1-3,6,8,11,16H,4-5,7,9-10H2. The zero-order valence-electron chi connectivity index (χ0n) is 9.82. The average Bonchev–Trinajstić information content (AvgIpc) is 3.06. The van der Waals surface area contributed by atoms with E-state index in [1.165, 1.54) is 18.9 Å². The molecule has 1 N–H and O–H groups in total. The third kappa shape index (κ3) is 2.34. The fourth-order valence-electron chi connectivity index (χ4n) is 2.21. The average molecular weight is 232 g/mol. The van der Waals surface area contributed by atoms with Gasteiger partial charge in [-0.15, -0.1) is 0 Å². The maximum absolute atomic E-state index is 13.5. The summed E-state index contributed by atoms with van der Waals surface area (Å²) in [6.07, 6.45) is 4.72. The van der Waals surface area contributed by atoms with Crippen LogP contribution in [0.3, 0.4) is 0 Å². The highest BCUT2D eigenvalue weighted by Gasteiger charge is 2.19. The normalized spacial score (nSPS) is 15.6. The summed E-state index contributed by atoms with van der Waals surface area (Å²) in [5.74, 6) is 0.779. The number of hydrogen-bond donors (Lipinski definition) is 1. The summed E-state index contributed by atoms with van der Waals surface area (Å²) in [5, 5.41) is 4.17. The van der Waals surface area contributed by atoms with Crippen molar-refractivity contribution in [3.8, 4) is 0 Å². The quantitative estimate of drug-likeness (QED) is 0.784. The zero-order chi connectivity index (χ0) is 11.7. The van der Waals surface area contributed by atoms with Gasteiger partial charge in [-0.1, -0.05) is 6.07 Å². The number of benzene rings is 1. The molecule has 1 heterocycles. The molecule has 0 unspecified atom stereocenters. The van der Waals surface area contributed by atoms with Gasteiger partial charge >= 0.3 is 0 Å². The monoisotopic (exact) mass is 232 g/mol. The number of aromatic nitrogens is 1. The summed E-state index contributed by atoms with van der Waals surface area (Å²) in [4.78, 5) is 0. The summed E-state index contributed by atoms with van der Waals surface area (Å²) in [7, 11) is 0. The Kier molecular flexibility index (Phi) is 2.85. The van der Waals surface area contributed by atoms with Crippen molar-refractivity contribution in [1.29, 1.82) is 0 Å². The van der Waals surface area contributed by atoms with E-state index in [-0.39, 0.29) is 5.82 Å². The molecule has 0 spiro atoms. The number of rotatable bonds is 5. The molecular weight excluding hydrogens is 215 g/mol. The Morgan fingerprint density at radius 1 is 1.29 bits per heavy atom. The molecular formula is C14H17FN2. The Morgan fingerprint density at radius 3 is 3.00 bits per heavy atom. The SMILES string of the molecule is Fc1cccc2c1ccn2CCNCC1CC1. The van der Waals surface area contributed by atoms with E-state index < -0.39 is 0 Å². The Balaban J connectivity index is 1.65. The first-order valence-electron chi connectivity index (χ1n) is 6.28. The molecule has 2 nitrogen and oxygen atoms in total. The van der Waals surface area contributed by atoms with Crippen molar-refractivity contribution in [2.45, 2.75) is 19.4 Å². The molecule has 0 saturated heterocycles. The van der Waals surface area contributed by atoms with Crippen molar-refractivity contribution in [3.63, 3.8) is 0 Å². The molecule has 0 amide bonds. The summed E-state index contributed by atoms with van der Waals surface area (Å²) in [6, 6.07) is 7.11. The first kappa shape index (κ1) is 10.8. The van der Waals surface area contributed by atoms with Crippen LogP contribution in [0.25, 0.3) is 10.9 Å².